The highest BCUT2D eigenvalue weighted by Crippen LogP contribution is 2.30. The Morgan fingerprint density at radius 3 is 2.11 bits per heavy atom. The van der Waals surface area contributed by atoms with Crippen LogP contribution in [0.15, 0.2) is 24.3 Å². The van der Waals surface area contributed by atoms with Crippen LogP contribution in [0.25, 0.3) is 0 Å². The van der Waals surface area contributed by atoms with Crippen LogP contribution in [-0.4, -0.2) is 6.54 Å². The Bertz CT molecular complexity index is 343. The van der Waals surface area contributed by atoms with Gasteiger partial charge in [-0.2, -0.15) is 13.2 Å². The minimum atomic E-state index is -4.25. The molecule has 1 aromatic carbocycles. The second-order valence-corrected chi connectivity index (χ2v) is 4.42. The molecule has 102 valence electrons. The molecule has 1 aromatic rings. The molecule has 0 saturated heterocycles. The Morgan fingerprint density at radius 1 is 1.06 bits per heavy atom. The molecular weight excluding hydrogens is 239 g/mol. The third kappa shape index (κ3) is 4.33. The van der Waals surface area contributed by atoms with E-state index in [1.165, 1.54) is 0 Å². The summed E-state index contributed by atoms with van der Waals surface area (Å²) in [5.74, 6) is 0. The van der Waals surface area contributed by atoms with Gasteiger partial charge in [0.05, 0.1) is 5.56 Å². The molecule has 0 heterocycles. The Balaban J connectivity index is 2.79. The summed E-state index contributed by atoms with van der Waals surface area (Å²) < 4.78 is 37.4. The molecule has 4 heteroatoms. The van der Waals surface area contributed by atoms with E-state index >= 15 is 0 Å². The molecular formula is C14H20F3N. The Morgan fingerprint density at radius 2 is 1.67 bits per heavy atom. The predicted octanol–water partition coefficient (Wildman–Crippen LogP) is 4.55. The summed E-state index contributed by atoms with van der Waals surface area (Å²) in [5, 5.41) is 3.36. The molecule has 1 rings (SSSR count). The number of hydrogen-bond donors (Lipinski definition) is 1. The van der Waals surface area contributed by atoms with E-state index < -0.39 is 11.7 Å². The van der Waals surface area contributed by atoms with Crippen LogP contribution in [-0.2, 0) is 6.18 Å². The van der Waals surface area contributed by atoms with Gasteiger partial charge in [-0.15, -0.1) is 0 Å². The zero-order valence-electron chi connectivity index (χ0n) is 10.8. The summed E-state index contributed by atoms with van der Waals surface area (Å²) in [6.07, 6.45) is -1.30. The van der Waals surface area contributed by atoms with Crippen LogP contribution in [0.2, 0.25) is 0 Å². The lowest BCUT2D eigenvalue weighted by atomic mass is 10.0. The minimum Gasteiger partial charge on any atom is -0.310 e. The van der Waals surface area contributed by atoms with Gasteiger partial charge in [0.15, 0.2) is 0 Å². The molecule has 1 nitrogen and oxygen atoms in total. The molecule has 0 aromatic heterocycles. The van der Waals surface area contributed by atoms with Gasteiger partial charge in [0, 0.05) is 6.04 Å². The van der Waals surface area contributed by atoms with Crippen molar-refractivity contribution in [2.75, 3.05) is 6.54 Å². The summed E-state index contributed by atoms with van der Waals surface area (Å²) in [5.41, 5.74) is 0.343. The van der Waals surface area contributed by atoms with E-state index in [-0.39, 0.29) is 6.04 Å². The maximum Gasteiger partial charge on any atom is 0.416 e. The van der Waals surface area contributed by atoms with Crippen molar-refractivity contribution < 1.29 is 13.2 Å². The highest BCUT2D eigenvalue weighted by atomic mass is 19.4. The number of benzene rings is 1. The van der Waals surface area contributed by atoms with Gasteiger partial charge in [-0.1, -0.05) is 32.4 Å². The highest BCUT2D eigenvalue weighted by Gasteiger charge is 2.30. The molecule has 0 saturated carbocycles. The first-order valence-corrected chi connectivity index (χ1v) is 6.39. The second kappa shape index (κ2) is 6.78. The molecule has 0 amide bonds. The molecule has 1 unspecified atom stereocenters. The van der Waals surface area contributed by atoms with Gasteiger partial charge in [0.2, 0.25) is 0 Å². The van der Waals surface area contributed by atoms with Crippen LogP contribution in [0, 0.1) is 0 Å². The smallest absolute Gasteiger partial charge is 0.310 e. The van der Waals surface area contributed by atoms with Crippen LogP contribution in [0.5, 0.6) is 0 Å². The lowest BCUT2D eigenvalue weighted by Crippen LogP contribution is -2.22. The van der Waals surface area contributed by atoms with E-state index in [9.17, 15) is 13.2 Å². The van der Waals surface area contributed by atoms with Crippen LogP contribution >= 0.6 is 0 Å². The molecule has 0 aliphatic heterocycles. The standard InChI is InChI=1S/C14H20F3N/c1-3-5-13(18-10-4-2)11-6-8-12(9-7-11)14(15,16)17/h6-9,13,18H,3-5,10H2,1-2H3. The fraction of sp³-hybridized carbons (Fsp3) is 0.571. The van der Waals surface area contributed by atoms with E-state index in [0.717, 1.165) is 43.5 Å². The molecule has 0 aliphatic carbocycles. The van der Waals surface area contributed by atoms with Gasteiger partial charge in [-0.05, 0) is 37.1 Å². The van der Waals surface area contributed by atoms with Gasteiger partial charge in [0.25, 0.3) is 0 Å². The van der Waals surface area contributed by atoms with Gasteiger partial charge in [-0.3, -0.25) is 0 Å². The van der Waals surface area contributed by atoms with E-state index in [0.29, 0.717) is 0 Å². The zero-order valence-corrected chi connectivity index (χ0v) is 10.8. The Hall–Kier alpha value is -1.03. The van der Waals surface area contributed by atoms with Crippen molar-refractivity contribution >= 4 is 0 Å². The molecule has 18 heavy (non-hydrogen) atoms. The van der Waals surface area contributed by atoms with E-state index in [1.54, 1.807) is 12.1 Å². The Kier molecular flexibility index (Phi) is 5.66. The quantitative estimate of drug-likeness (QED) is 0.790. The van der Waals surface area contributed by atoms with Crippen LogP contribution in [0.4, 0.5) is 13.2 Å². The average Bonchev–Trinajstić information content (AvgIpc) is 2.33. The molecule has 0 bridgehead atoms. The van der Waals surface area contributed by atoms with E-state index in [4.69, 9.17) is 0 Å². The van der Waals surface area contributed by atoms with E-state index in [2.05, 4.69) is 19.2 Å². The van der Waals surface area contributed by atoms with Crippen LogP contribution in [0.1, 0.15) is 50.3 Å². The van der Waals surface area contributed by atoms with Gasteiger partial charge >= 0.3 is 6.18 Å². The van der Waals surface area contributed by atoms with Crippen LogP contribution < -0.4 is 5.32 Å². The first-order chi connectivity index (χ1) is 8.49. The number of nitrogens with one attached hydrogen (secondary N) is 1. The van der Waals surface area contributed by atoms with Crippen LogP contribution in [0.3, 0.4) is 0 Å². The number of hydrogen-bond acceptors (Lipinski definition) is 1. The molecule has 0 spiro atoms. The fourth-order valence-corrected chi connectivity index (χ4v) is 1.90. The van der Waals surface area contributed by atoms with Crippen molar-refractivity contribution in [3.8, 4) is 0 Å². The first kappa shape index (κ1) is 15.0. The highest BCUT2D eigenvalue weighted by molar-refractivity contribution is 5.26. The molecule has 0 fully saturated rings. The summed E-state index contributed by atoms with van der Waals surface area (Å²) in [6.45, 7) is 5.03. The second-order valence-electron chi connectivity index (χ2n) is 4.42. The minimum absolute atomic E-state index is 0.150. The summed E-state index contributed by atoms with van der Waals surface area (Å²) in [7, 11) is 0. The summed E-state index contributed by atoms with van der Waals surface area (Å²) in [6, 6.07) is 5.62. The molecule has 1 atom stereocenters. The SMILES string of the molecule is CCCNC(CCC)c1ccc(C(F)(F)F)cc1. The number of halogens is 3. The largest absolute Gasteiger partial charge is 0.416 e. The van der Waals surface area contributed by atoms with Crippen molar-refractivity contribution in [1.29, 1.82) is 0 Å². The molecule has 0 aliphatic rings. The van der Waals surface area contributed by atoms with E-state index in [1.807, 2.05) is 0 Å². The lowest BCUT2D eigenvalue weighted by Gasteiger charge is -2.19. The van der Waals surface area contributed by atoms with Gasteiger partial charge in [-0.25, -0.2) is 0 Å². The monoisotopic (exact) mass is 259 g/mol. The molecule has 1 N–H and O–H groups in total. The lowest BCUT2D eigenvalue weighted by molar-refractivity contribution is -0.137. The predicted molar refractivity (Wildman–Crippen MR) is 67.4 cm³/mol. The van der Waals surface area contributed by atoms with Crippen molar-refractivity contribution in [1.82, 2.24) is 5.32 Å². The Labute approximate surface area is 106 Å². The topological polar surface area (TPSA) is 12.0 Å². The fourth-order valence-electron chi connectivity index (χ4n) is 1.90. The van der Waals surface area contributed by atoms with Crippen molar-refractivity contribution in [2.45, 2.75) is 45.3 Å². The average molecular weight is 259 g/mol. The van der Waals surface area contributed by atoms with Crippen molar-refractivity contribution in [2.24, 2.45) is 0 Å². The first-order valence-electron chi connectivity index (χ1n) is 6.39. The van der Waals surface area contributed by atoms with Crippen molar-refractivity contribution in [3.05, 3.63) is 35.4 Å². The third-order valence-corrected chi connectivity index (χ3v) is 2.86. The molecule has 0 radical (unpaired) electrons. The zero-order chi connectivity index (χ0) is 13.6. The number of rotatable bonds is 6. The van der Waals surface area contributed by atoms with Gasteiger partial charge < -0.3 is 5.32 Å². The summed E-state index contributed by atoms with van der Waals surface area (Å²) in [4.78, 5) is 0. The summed E-state index contributed by atoms with van der Waals surface area (Å²) >= 11 is 0. The maximum atomic E-state index is 12.5. The van der Waals surface area contributed by atoms with Crippen molar-refractivity contribution in [3.63, 3.8) is 0 Å². The number of alkyl halides is 3. The third-order valence-electron chi connectivity index (χ3n) is 2.86. The maximum absolute atomic E-state index is 12.5. The normalized spacial score (nSPS) is 13.6. The van der Waals surface area contributed by atoms with Gasteiger partial charge in [0.1, 0.15) is 0 Å².